The van der Waals surface area contributed by atoms with Crippen LogP contribution < -0.4 is 19.1 Å². The highest BCUT2D eigenvalue weighted by Crippen LogP contribution is 2.32. The molecular weight excluding hydrogens is 585 g/mol. The van der Waals surface area contributed by atoms with Gasteiger partial charge in [0, 0.05) is 18.7 Å². The maximum Gasteiger partial charge on any atom is 0.264 e. The van der Waals surface area contributed by atoms with Crippen LogP contribution in [0.5, 0.6) is 11.5 Å². The number of aryl methyl sites for hydroxylation is 1. The molecule has 44 heavy (non-hydrogen) atoms. The van der Waals surface area contributed by atoms with Crippen LogP contribution in [0, 0.1) is 12.7 Å². The highest BCUT2D eigenvalue weighted by atomic mass is 32.2. The standard InChI is InChI=1S/C33H40FN3O6S/c1-23-9-8-10-25(19-23)21-36(24(2)33(39)35-27-11-6-5-7-12-27)32(38)22-37(28-15-13-26(34)14-16-28)44(40,41)29-17-18-30(42-3)31(20-29)43-4/h8-10,13-20,24,27H,5-7,11-12,21-22H2,1-4H3,(H,35,39)/t24-/m0/s1. The van der Waals surface area contributed by atoms with Gasteiger partial charge in [-0.05, 0) is 68.7 Å². The summed E-state index contributed by atoms with van der Waals surface area (Å²) in [7, 11) is -1.55. The number of nitrogens with one attached hydrogen (secondary N) is 1. The molecule has 236 valence electrons. The second kappa shape index (κ2) is 14.6. The summed E-state index contributed by atoms with van der Waals surface area (Å²) in [5, 5.41) is 3.09. The number of benzene rings is 3. The minimum absolute atomic E-state index is 0.0377. The Morgan fingerprint density at radius 2 is 1.64 bits per heavy atom. The molecule has 1 aliphatic rings. The minimum Gasteiger partial charge on any atom is -0.493 e. The summed E-state index contributed by atoms with van der Waals surface area (Å²) in [6, 6.07) is 15.7. The number of hydrogen-bond donors (Lipinski definition) is 1. The van der Waals surface area contributed by atoms with Crippen molar-refractivity contribution < 1.29 is 31.9 Å². The maximum absolute atomic E-state index is 14.1. The van der Waals surface area contributed by atoms with Gasteiger partial charge in [0.2, 0.25) is 11.8 Å². The Morgan fingerprint density at radius 1 is 0.955 bits per heavy atom. The third kappa shape index (κ3) is 7.88. The van der Waals surface area contributed by atoms with Gasteiger partial charge in [-0.1, -0.05) is 49.1 Å². The molecule has 0 radical (unpaired) electrons. The molecule has 0 aromatic heterocycles. The van der Waals surface area contributed by atoms with Gasteiger partial charge in [-0.2, -0.15) is 0 Å². The zero-order valence-electron chi connectivity index (χ0n) is 25.6. The molecule has 1 atom stereocenters. The van der Waals surface area contributed by atoms with Crippen LogP contribution in [0.2, 0.25) is 0 Å². The van der Waals surface area contributed by atoms with Gasteiger partial charge >= 0.3 is 0 Å². The molecule has 4 rings (SSSR count). The third-order valence-electron chi connectivity index (χ3n) is 7.89. The largest absolute Gasteiger partial charge is 0.493 e. The summed E-state index contributed by atoms with van der Waals surface area (Å²) < 4.78 is 53.6. The number of nitrogens with zero attached hydrogens (tertiary/aromatic N) is 2. The van der Waals surface area contributed by atoms with Crippen molar-refractivity contribution in [2.45, 2.75) is 69.5 Å². The van der Waals surface area contributed by atoms with Crippen LogP contribution in [0.1, 0.15) is 50.2 Å². The first-order chi connectivity index (χ1) is 21.0. The number of anilines is 1. The fraction of sp³-hybridized carbons (Fsp3) is 0.394. The maximum atomic E-state index is 14.1. The number of sulfonamides is 1. The normalized spacial score (nSPS) is 14.4. The average Bonchev–Trinajstić information content (AvgIpc) is 3.02. The highest BCUT2D eigenvalue weighted by molar-refractivity contribution is 7.92. The molecule has 1 saturated carbocycles. The van der Waals surface area contributed by atoms with Crippen molar-refractivity contribution in [1.29, 1.82) is 0 Å². The lowest BCUT2D eigenvalue weighted by molar-refractivity contribution is -0.139. The first-order valence-corrected chi connectivity index (χ1v) is 16.1. The summed E-state index contributed by atoms with van der Waals surface area (Å²) in [6.45, 7) is 3.04. The summed E-state index contributed by atoms with van der Waals surface area (Å²) in [4.78, 5) is 28.8. The van der Waals surface area contributed by atoms with Gasteiger partial charge in [0.05, 0.1) is 24.8 Å². The molecule has 3 aromatic carbocycles. The first-order valence-electron chi connectivity index (χ1n) is 14.7. The van der Waals surface area contributed by atoms with Crippen molar-refractivity contribution in [2.75, 3.05) is 25.1 Å². The van der Waals surface area contributed by atoms with Crippen LogP contribution in [-0.4, -0.2) is 58.0 Å². The molecule has 11 heteroatoms. The Morgan fingerprint density at radius 3 is 2.27 bits per heavy atom. The van der Waals surface area contributed by atoms with E-state index < -0.39 is 34.3 Å². The van der Waals surface area contributed by atoms with Gasteiger partial charge in [-0.25, -0.2) is 12.8 Å². The molecule has 9 nitrogen and oxygen atoms in total. The van der Waals surface area contributed by atoms with Crippen LogP contribution in [0.4, 0.5) is 10.1 Å². The van der Waals surface area contributed by atoms with Crippen LogP contribution in [0.25, 0.3) is 0 Å². The molecule has 0 heterocycles. The number of hydrogen-bond acceptors (Lipinski definition) is 6. The van der Waals surface area contributed by atoms with E-state index in [1.807, 2.05) is 31.2 Å². The van der Waals surface area contributed by atoms with Crippen LogP contribution in [0.15, 0.2) is 71.6 Å². The van der Waals surface area contributed by atoms with Gasteiger partial charge < -0.3 is 19.7 Å². The van der Waals surface area contributed by atoms with Crippen LogP contribution in [-0.2, 0) is 26.2 Å². The van der Waals surface area contributed by atoms with E-state index in [2.05, 4.69) is 5.32 Å². The first kappa shape index (κ1) is 32.8. The lowest BCUT2D eigenvalue weighted by Crippen LogP contribution is -2.53. The van der Waals surface area contributed by atoms with Crippen molar-refractivity contribution in [2.24, 2.45) is 0 Å². The number of ether oxygens (including phenoxy) is 2. The minimum atomic E-state index is -4.37. The fourth-order valence-corrected chi connectivity index (χ4v) is 6.83. The van der Waals surface area contributed by atoms with E-state index in [1.54, 1.807) is 6.92 Å². The van der Waals surface area contributed by atoms with Gasteiger partial charge in [0.1, 0.15) is 18.4 Å². The number of methoxy groups -OCH3 is 2. The van der Waals surface area contributed by atoms with Crippen molar-refractivity contribution in [3.05, 3.63) is 83.7 Å². The van der Waals surface area contributed by atoms with Gasteiger partial charge in [-0.3, -0.25) is 13.9 Å². The monoisotopic (exact) mass is 625 g/mol. The summed E-state index contributed by atoms with van der Waals surface area (Å²) in [5.41, 5.74) is 1.87. The van der Waals surface area contributed by atoms with E-state index in [-0.39, 0.29) is 34.8 Å². The van der Waals surface area contributed by atoms with Crippen molar-refractivity contribution in [1.82, 2.24) is 10.2 Å². The Bertz CT molecular complexity index is 1560. The second-order valence-corrected chi connectivity index (χ2v) is 12.9. The molecule has 1 N–H and O–H groups in total. The number of amides is 2. The van der Waals surface area contributed by atoms with E-state index in [4.69, 9.17) is 9.47 Å². The van der Waals surface area contributed by atoms with Crippen LogP contribution >= 0.6 is 0 Å². The van der Waals surface area contributed by atoms with E-state index in [1.165, 1.54) is 49.5 Å². The van der Waals surface area contributed by atoms with Crippen molar-refractivity contribution in [3.63, 3.8) is 0 Å². The highest BCUT2D eigenvalue weighted by Gasteiger charge is 2.33. The van der Waals surface area contributed by atoms with Gasteiger partial charge in [0.15, 0.2) is 11.5 Å². The van der Waals surface area contributed by atoms with Gasteiger partial charge in [0.25, 0.3) is 10.0 Å². The molecule has 1 fully saturated rings. The third-order valence-corrected chi connectivity index (χ3v) is 9.66. The molecule has 2 amide bonds. The molecule has 0 aliphatic heterocycles. The predicted molar refractivity (Wildman–Crippen MR) is 167 cm³/mol. The average molecular weight is 626 g/mol. The van der Waals surface area contributed by atoms with Gasteiger partial charge in [-0.15, -0.1) is 0 Å². The van der Waals surface area contributed by atoms with Crippen molar-refractivity contribution >= 4 is 27.5 Å². The molecular formula is C33H40FN3O6S. The molecule has 0 unspecified atom stereocenters. The number of carbonyl (C=O) groups is 2. The SMILES string of the molecule is COc1ccc(S(=O)(=O)N(CC(=O)N(Cc2cccc(C)c2)[C@@H](C)C(=O)NC2CCCCC2)c2ccc(F)cc2)cc1OC. The number of rotatable bonds is 12. The molecule has 0 saturated heterocycles. The molecule has 1 aliphatic carbocycles. The number of halogens is 1. The second-order valence-electron chi connectivity index (χ2n) is 11.0. The predicted octanol–water partition coefficient (Wildman–Crippen LogP) is 5.21. The Kier molecular flexibility index (Phi) is 10.9. The Hall–Kier alpha value is -4.12. The van der Waals surface area contributed by atoms with Crippen LogP contribution in [0.3, 0.4) is 0 Å². The zero-order valence-corrected chi connectivity index (χ0v) is 26.4. The Balaban J connectivity index is 1.70. The lowest BCUT2D eigenvalue weighted by atomic mass is 9.95. The van der Waals surface area contributed by atoms with Crippen molar-refractivity contribution in [3.8, 4) is 11.5 Å². The topological polar surface area (TPSA) is 105 Å². The molecule has 0 bridgehead atoms. The quantitative estimate of drug-likeness (QED) is 0.296. The van der Waals surface area contributed by atoms with E-state index in [0.717, 1.165) is 59.7 Å². The molecule has 3 aromatic rings. The Labute approximate surface area is 259 Å². The zero-order chi connectivity index (χ0) is 31.9. The molecule has 0 spiro atoms. The number of carbonyl (C=O) groups excluding carboxylic acids is 2. The summed E-state index contributed by atoms with van der Waals surface area (Å²) in [5.74, 6) is -0.927. The summed E-state index contributed by atoms with van der Waals surface area (Å²) in [6.07, 6.45) is 4.96. The van der Waals surface area contributed by atoms with E-state index in [9.17, 15) is 22.4 Å². The summed E-state index contributed by atoms with van der Waals surface area (Å²) >= 11 is 0. The van der Waals surface area contributed by atoms with E-state index in [0.29, 0.717) is 5.75 Å². The smallest absolute Gasteiger partial charge is 0.264 e. The fourth-order valence-electron chi connectivity index (χ4n) is 5.40. The lowest BCUT2D eigenvalue weighted by Gasteiger charge is -2.33. The van der Waals surface area contributed by atoms with E-state index >= 15 is 0 Å².